The van der Waals surface area contributed by atoms with E-state index >= 15 is 0 Å². The predicted octanol–water partition coefficient (Wildman–Crippen LogP) is 3.17. The van der Waals surface area contributed by atoms with E-state index in [4.69, 9.17) is 23.2 Å². The lowest BCUT2D eigenvalue weighted by atomic mass is 10.2. The van der Waals surface area contributed by atoms with Crippen LogP contribution in [0, 0.1) is 17.3 Å². The van der Waals surface area contributed by atoms with Gasteiger partial charge in [0.2, 0.25) is 0 Å². The Morgan fingerprint density at radius 2 is 1.67 bits per heavy atom. The van der Waals surface area contributed by atoms with E-state index in [1.807, 2.05) is 0 Å². The van der Waals surface area contributed by atoms with Gasteiger partial charge in [-0.3, -0.25) is 5.43 Å². The van der Waals surface area contributed by atoms with Gasteiger partial charge in [0.05, 0.1) is 15.7 Å². The van der Waals surface area contributed by atoms with Gasteiger partial charge in [0.15, 0.2) is 0 Å². The van der Waals surface area contributed by atoms with E-state index in [1.165, 1.54) is 6.21 Å². The van der Waals surface area contributed by atoms with E-state index in [2.05, 4.69) is 10.5 Å². The van der Waals surface area contributed by atoms with Crippen LogP contribution in [-0.2, 0) is 0 Å². The highest BCUT2D eigenvalue weighted by Gasteiger charge is 2.23. The van der Waals surface area contributed by atoms with Gasteiger partial charge >= 0.3 is 5.69 Å². The number of halogens is 2. The Morgan fingerprint density at radius 1 is 1.00 bits per heavy atom. The van der Waals surface area contributed by atoms with Crippen LogP contribution in [-0.4, -0.2) is 6.21 Å². The molecule has 122 valence electrons. The van der Waals surface area contributed by atoms with Crippen LogP contribution in [0.3, 0.4) is 0 Å². The summed E-state index contributed by atoms with van der Waals surface area (Å²) in [5.41, 5.74) is 4.33. The average molecular weight is 363 g/mol. The third-order valence-electron chi connectivity index (χ3n) is 3.51. The van der Waals surface area contributed by atoms with Gasteiger partial charge in [-0.25, -0.2) is 0 Å². The molecule has 1 N–H and O–H groups in total. The smallest absolute Gasteiger partial charge is 0.305 e. The Morgan fingerprint density at radius 3 is 2.33 bits per heavy atom. The highest BCUT2D eigenvalue weighted by Crippen LogP contribution is 2.24. The topological polar surface area (TPSA) is 78.3 Å². The number of benzene rings is 2. The fraction of sp³-hybridized carbons (Fsp3) is 0.0625. The van der Waals surface area contributed by atoms with Crippen LogP contribution in [0.2, 0.25) is 10.0 Å². The van der Waals surface area contributed by atoms with Crippen molar-refractivity contribution in [2.45, 2.75) is 6.92 Å². The maximum atomic E-state index is 12.4. The highest BCUT2D eigenvalue weighted by atomic mass is 35.5. The first-order valence-electron chi connectivity index (χ1n) is 6.97. The van der Waals surface area contributed by atoms with E-state index in [1.54, 1.807) is 49.4 Å². The van der Waals surface area contributed by atoms with Gasteiger partial charge in [-0.1, -0.05) is 35.3 Å². The van der Waals surface area contributed by atoms with E-state index < -0.39 is 0 Å². The highest BCUT2D eigenvalue weighted by molar-refractivity contribution is 6.42. The molecule has 0 fully saturated rings. The second kappa shape index (κ2) is 6.51. The van der Waals surface area contributed by atoms with Crippen molar-refractivity contribution < 1.29 is 9.46 Å². The molecule has 0 aliphatic heterocycles. The molecule has 8 heteroatoms. The first-order valence-corrected chi connectivity index (χ1v) is 7.73. The van der Waals surface area contributed by atoms with Gasteiger partial charge < -0.3 is 10.4 Å². The van der Waals surface area contributed by atoms with Crippen molar-refractivity contribution in [3.05, 3.63) is 74.3 Å². The first-order chi connectivity index (χ1) is 11.5. The summed E-state index contributed by atoms with van der Waals surface area (Å²) in [6.45, 7) is 1.56. The van der Waals surface area contributed by atoms with Crippen LogP contribution in [0.4, 0.5) is 5.69 Å². The minimum atomic E-state index is 0.149. The van der Waals surface area contributed by atoms with Crippen molar-refractivity contribution in [3.8, 4) is 0 Å². The minimum absolute atomic E-state index is 0.149. The van der Waals surface area contributed by atoms with Crippen molar-refractivity contribution in [1.82, 2.24) is 0 Å². The zero-order valence-electron chi connectivity index (χ0n) is 12.5. The molecule has 3 rings (SSSR count). The fourth-order valence-corrected chi connectivity index (χ4v) is 2.55. The van der Waals surface area contributed by atoms with Gasteiger partial charge in [-0.2, -0.15) is 14.6 Å². The maximum Gasteiger partial charge on any atom is 0.305 e. The average Bonchev–Trinajstić information content (AvgIpc) is 2.59. The minimum Gasteiger partial charge on any atom is -0.618 e. The van der Waals surface area contributed by atoms with Crippen LogP contribution in [0.1, 0.15) is 11.4 Å². The Kier molecular flexibility index (Phi) is 4.42. The summed E-state index contributed by atoms with van der Waals surface area (Å²) in [6.07, 6.45) is 1.30. The van der Waals surface area contributed by atoms with Gasteiger partial charge in [0.1, 0.15) is 6.21 Å². The summed E-state index contributed by atoms with van der Waals surface area (Å²) in [7, 11) is 0. The van der Waals surface area contributed by atoms with Gasteiger partial charge in [-0.05, 0) is 18.2 Å². The van der Waals surface area contributed by atoms with Crippen LogP contribution in [0.25, 0.3) is 11.0 Å². The number of nitrogens with one attached hydrogen (secondary N) is 1. The number of anilines is 1. The summed E-state index contributed by atoms with van der Waals surface area (Å²) in [5, 5.41) is 29.5. The van der Waals surface area contributed by atoms with E-state index in [9.17, 15) is 10.4 Å². The van der Waals surface area contributed by atoms with E-state index in [0.29, 0.717) is 30.7 Å². The van der Waals surface area contributed by atoms with Crippen molar-refractivity contribution in [3.63, 3.8) is 0 Å². The number of para-hydroxylation sites is 2. The van der Waals surface area contributed by atoms with Crippen molar-refractivity contribution >= 4 is 46.1 Å². The summed E-state index contributed by atoms with van der Waals surface area (Å²) >= 11 is 11.8. The number of nitrogens with zero attached hydrogens (tertiary/aromatic N) is 3. The van der Waals surface area contributed by atoms with Crippen molar-refractivity contribution in [2.75, 3.05) is 5.43 Å². The number of hydrogen-bond acceptors (Lipinski definition) is 4. The Hall–Kier alpha value is -2.57. The number of rotatable bonds is 3. The lowest BCUT2D eigenvalue weighted by molar-refractivity contribution is -0.634. The van der Waals surface area contributed by atoms with Crippen LogP contribution < -0.4 is 14.9 Å². The molecule has 0 saturated carbocycles. The molecule has 1 aromatic heterocycles. The van der Waals surface area contributed by atoms with Crippen LogP contribution in [0.5, 0.6) is 0 Å². The zero-order valence-corrected chi connectivity index (χ0v) is 14.0. The second-order valence-corrected chi connectivity index (χ2v) is 5.86. The molecule has 0 spiro atoms. The molecule has 0 atom stereocenters. The summed E-state index contributed by atoms with van der Waals surface area (Å²) in [5.74, 6) is 0. The Bertz CT molecular complexity index is 960. The Labute approximate surface area is 147 Å². The molecule has 2 aromatic carbocycles. The molecular formula is C16H12Cl2N4O2. The molecule has 24 heavy (non-hydrogen) atoms. The number of aromatic nitrogens is 2. The van der Waals surface area contributed by atoms with Crippen LogP contribution >= 0.6 is 23.2 Å². The molecule has 0 aliphatic carbocycles. The monoisotopic (exact) mass is 362 g/mol. The van der Waals surface area contributed by atoms with Crippen molar-refractivity contribution in [2.24, 2.45) is 5.10 Å². The van der Waals surface area contributed by atoms with E-state index in [0.717, 1.165) is 0 Å². The normalized spacial score (nSPS) is 11.3. The van der Waals surface area contributed by atoms with Crippen LogP contribution in [0.15, 0.2) is 47.6 Å². The lowest BCUT2D eigenvalue weighted by Crippen LogP contribution is -2.44. The number of hydrazone groups is 1. The quantitative estimate of drug-likeness (QED) is 0.336. The fourth-order valence-electron chi connectivity index (χ4n) is 2.25. The molecule has 1 heterocycles. The van der Waals surface area contributed by atoms with E-state index in [-0.39, 0.29) is 16.9 Å². The summed E-state index contributed by atoms with van der Waals surface area (Å²) < 4.78 is 1.39. The third kappa shape index (κ3) is 2.93. The molecule has 0 amide bonds. The van der Waals surface area contributed by atoms with Gasteiger partial charge in [0, 0.05) is 19.1 Å². The molecular weight excluding hydrogens is 351 g/mol. The largest absolute Gasteiger partial charge is 0.618 e. The van der Waals surface area contributed by atoms with Gasteiger partial charge in [-0.15, -0.1) is 0 Å². The molecule has 6 nitrogen and oxygen atoms in total. The van der Waals surface area contributed by atoms with Gasteiger partial charge in [0.25, 0.3) is 16.7 Å². The lowest BCUT2D eigenvalue weighted by Gasteiger charge is -2.08. The maximum absolute atomic E-state index is 12.4. The summed E-state index contributed by atoms with van der Waals surface area (Å²) in [6, 6.07) is 11.5. The predicted molar refractivity (Wildman–Crippen MR) is 94.3 cm³/mol. The zero-order chi connectivity index (χ0) is 17.3. The number of hydrogen-bond donors (Lipinski definition) is 1. The van der Waals surface area contributed by atoms with Crippen molar-refractivity contribution in [1.29, 1.82) is 0 Å². The molecule has 0 radical (unpaired) electrons. The standard InChI is InChI=1S/C16H12Cl2N4O2/c1-10-16(9-19-20-11-6-7-12(17)13(18)8-11)22(24)15-5-3-2-4-14(15)21(10)23/h2-9,20H,1H3/b19-9+. The third-order valence-corrected chi connectivity index (χ3v) is 4.25. The molecule has 3 aromatic rings. The molecule has 0 unspecified atom stereocenters. The molecule has 0 bridgehead atoms. The molecule has 0 saturated heterocycles. The number of fused-ring (bicyclic) bond motifs is 1. The first kappa shape index (κ1) is 16.3. The Balaban J connectivity index is 1.96. The summed E-state index contributed by atoms with van der Waals surface area (Å²) in [4.78, 5) is 0. The SMILES string of the molecule is Cc1c(/C=N/Nc2ccc(Cl)c(Cl)c2)[n+]([O-])c2ccccc2[n+]1[O-]. The molecule has 0 aliphatic rings. The second-order valence-electron chi connectivity index (χ2n) is 5.05.